The first-order valence-corrected chi connectivity index (χ1v) is 44.3. The topological polar surface area (TPSA) is 648 Å². The largest absolute Gasteiger partial charge is 0.481 e. The van der Waals surface area contributed by atoms with E-state index >= 15 is 0 Å². The van der Waals surface area contributed by atoms with Crippen molar-refractivity contribution >= 4 is 131 Å². The molecule has 6 amide bonds. The van der Waals surface area contributed by atoms with E-state index in [2.05, 4.69) is 111 Å². The summed E-state index contributed by atoms with van der Waals surface area (Å²) in [4.78, 5) is 247. The molecule has 0 radical (unpaired) electrons. The van der Waals surface area contributed by atoms with E-state index in [1.807, 2.05) is 13.8 Å². The van der Waals surface area contributed by atoms with Crippen molar-refractivity contribution in [3.63, 3.8) is 0 Å². The highest BCUT2D eigenvalue weighted by molar-refractivity contribution is 7.80. The Morgan fingerprint density at radius 3 is 1.15 bits per heavy atom. The number of nitrogens with zero attached hydrogens (tertiary/aromatic N) is 1. The Bertz CT molecular complexity index is 3380. The number of nitrogens with two attached hydrogens (primary N) is 4. The van der Waals surface area contributed by atoms with Crippen molar-refractivity contribution in [3.05, 3.63) is 0 Å². The minimum atomic E-state index is -1.36. The highest BCUT2D eigenvalue weighted by Crippen LogP contribution is 2.23. The Morgan fingerprint density at radius 2 is 0.789 bits per heavy atom. The molecule has 41 nitrogen and oxygen atoms in total. The van der Waals surface area contributed by atoms with Crippen LogP contribution in [0.2, 0.25) is 0 Å². The molecule has 1 saturated heterocycles. The molecular formula is C80H145N21O20S2. The zero-order chi connectivity index (χ0) is 93.0. The molecule has 1 unspecified atom stereocenters. The normalized spacial score (nSPS) is 16.5. The molecule has 0 aromatic rings. The van der Waals surface area contributed by atoms with Gasteiger partial charge in [0.1, 0.15) is 36.5 Å². The third kappa shape index (κ3) is 42.3. The van der Waals surface area contributed by atoms with Crippen LogP contribution in [0.4, 0.5) is 0 Å². The smallest absolute Gasteiger partial charge is 0.303 e. The number of hydrazine groups is 5. The first-order valence-electron chi connectivity index (χ1n) is 43.0. The van der Waals surface area contributed by atoms with Gasteiger partial charge in [-0.05, 0) is 153 Å². The number of rotatable bonds is 75. The molecule has 0 aromatic carbocycles. The van der Waals surface area contributed by atoms with Crippen LogP contribution in [-0.2, 0) is 86.3 Å². The summed E-state index contributed by atoms with van der Waals surface area (Å²) in [6.45, 7) is 15.9. The van der Waals surface area contributed by atoms with Gasteiger partial charge in [-0.2, -0.15) is 25.3 Å². The number of amides is 6. The number of aliphatic hydroxyl groups excluding tert-OH is 1. The van der Waals surface area contributed by atoms with Gasteiger partial charge in [0.05, 0.1) is 80.6 Å². The molecular weight excluding hydrogens is 1640 g/mol. The number of aldehydes is 1. The molecule has 0 aliphatic carbocycles. The molecule has 0 saturated carbocycles. The summed E-state index contributed by atoms with van der Waals surface area (Å²) in [7, 11) is 1.54. The SMILES string of the molecule is CC[C@H](C)[C@H](NN[C@@H](CCCCN)C(=O)C(=O)[C@H](CCCCN)NN[C@@H](CC(C)C)C(=O)C(=O)[C@H](CC(C)C)NN[C@@H](CCC(=O)O)C(=O)N[C@H](C=O)CO)C(=O)C(=O)[C@@H](NN[C@@H](CCCCN)C(=O)C(=O)[C@H](CCCCN)NN[C@@H](CC(C)C)C(=O)N1CCC[C@H]1C(=O)NCC(=O)C(=O)CNC(=O)[C@@H](CS)NC(=O)CNC(=O)C(CS)NC)[C@@H](C)CC. The number of ketones is 10. The van der Waals surface area contributed by atoms with Gasteiger partial charge in [-0.15, -0.1) is 0 Å². The van der Waals surface area contributed by atoms with Crippen LogP contribution in [0.25, 0.3) is 0 Å². The van der Waals surface area contributed by atoms with Crippen molar-refractivity contribution in [1.29, 1.82) is 0 Å². The van der Waals surface area contributed by atoms with E-state index in [-0.39, 0.29) is 126 Å². The summed E-state index contributed by atoms with van der Waals surface area (Å²) < 4.78 is 0. The van der Waals surface area contributed by atoms with Crippen LogP contribution >= 0.6 is 25.3 Å². The predicted molar refractivity (Wildman–Crippen MR) is 466 cm³/mol. The standard InChI is InChI=1S/C80H145N21O20S2/c1-12-48(9)66(99-93-53(25-16-20-32-83)70(111)68(109)51(23-14-18-30-81)91-96-56(35-45(3)4)72(113)73(114)57(36-46(5)6)97-95-55(28-29-65(107)108)78(119)89-50(41-102)42-103)74(115)75(116)67(49(10)13-2)100-94-54(26-17-21-33-84)71(112)69(110)52(24-15-19-31-82)92-98-58(37-47(7)8)80(121)101-34-22-27-61(101)79(120)87-39-63(105)62(104)38-86-77(118)60(44-123)90-64(106)40-88-76(117)59(43-122)85-11/h41,45-61,66-67,85,91-100,103,122-123H,12-40,42-44,81-84H2,1-11H3,(H,86,118)(H,87,120)(H,88,117)(H,89,119)(H,90,106)(H,107,108)/t48-,49-,50+,51-,52-,53-,54-,55-,56-,57-,58-,59?,60+,61-,66-,67-/m0/s1. The third-order valence-corrected chi connectivity index (χ3v) is 21.7. The third-order valence-electron chi connectivity index (χ3n) is 20.9. The van der Waals surface area contributed by atoms with E-state index in [1.165, 1.54) is 11.9 Å². The number of aliphatic hydroxyl groups is 1. The Kier molecular flexibility index (Phi) is 58.8. The Labute approximate surface area is 733 Å². The molecule has 1 aliphatic heterocycles. The van der Waals surface area contributed by atoms with Crippen LogP contribution in [0.3, 0.4) is 0 Å². The average molecular weight is 1790 g/mol. The van der Waals surface area contributed by atoms with Gasteiger partial charge in [0.25, 0.3) is 0 Å². The summed E-state index contributed by atoms with van der Waals surface area (Å²) in [6.07, 6.45) is 3.85. The van der Waals surface area contributed by atoms with Crippen molar-refractivity contribution in [3.8, 4) is 0 Å². The lowest BCUT2D eigenvalue weighted by Gasteiger charge is -2.31. The molecule has 123 heavy (non-hydrogen) atoms. The van der Waals surface area contributed by atoms with E-state index in [1.54, 1.807) is 55.4 Å². The summed E-state index contributed by atoms with van der Waals surface area (Å²) in [5, 5.41) is 33.5. The maximum absolute atomic E-state index is 15.0. The van der Waals surface area contributed by atoms with Crippen LogP contribution in [0.1, 0.15) is 204 Å². The van der Waals surface area contributed by atoms with E-state index in [9.17, 15) is 96.5 Å². The quantitative estimate of drug-likeness (QED) is 0.00896. The van der Waals surface area contributed by atoms with Crippen LogP contribution in [0, 0.1) is 29.6 Å². The molecule has 1 aliphatic rings. The monoisotopic (exact) mass is 1780 g/mol. The van der Waals surface area contributed by atoms with E-state index < -0.39 is 228 Å². The number of hydrogen-bond acceptors (Lipinski definition) is 36. The number of likely N-dealkylation sites (N-methyl/N-ethyl adjacent to an activating group) is 1. The Morgan fingerprint density at radius 1 is 0.431 bits per heavy atom. The predicted octanol–water partition coefficient (Wildman–Crippen LogP) is -4.61. The van der Waals surface area contributed by atoms with E-state index in [0.717, 1.165) is 0 Å². The summed E-state index contributed by atoms with van der Waals surface area (Å²) in [5.41, 5.74) is 52.4. The molecule has 1 rings (SSSR count). The van der Waals surface area contributed by atoms with E-state index in [0.29, 0.717) is 70.6 Å². The number of Topliss-reactive ketones (excluding diaryl/α,β-unsaturated/α-hetero) is 10. The first-order chi connectivity index (χ1) is 58.4. The van der Waals surface area contributed by atoms with Gasteiger partial charge in [0.2, 0.25) is 93.3 Å². The second kappa shape index (κ2) is 63.6. The van der Waals surface area contributed by atoms with Crippen molar-refractivity contribution in [2.24, 2.45) is 52.5 Å². The summed E-state index contributed by atoms with van der Waals surface area (Å²) >= 11 is 8.16. The first kappa shape index (κ1) is 114. The lowest BCUT2D eigenvalue weighted by Crippen LogP contribution is -2.62. The fraction of sp³-hybridized carbons (Fsp3) is 0.775. The molecule has 702 valence electrons. The van der Waals surface area contributed by atoms with Crippen molar-refractivity contribution in [1.82, 2.24) is 91.1 Å². The molecule has 43 heteroatoms. The second-order valence-electron chi connectivity index (χ2n) is 32.4. The van der Waals surface area contributed by atoms with Crippen LogP contribution in [0.5, 0.6) is 0 Å². The van der Waals surface area contributed by atoms with Gasteiger partial charge in [-0.3, -0.25) is 81.5 Å². The maximum Gasteiger partial charge on any atom is 0.303 e. The highest BCUT2D eigenvalue weighted by atomic mass is 32.1. The number of carboxylic acid groups (broad SMARTS) is 1. The number of likely N-dealkylation sites (tertiary alicyclic amines) is 1. The van der Waals surface area contributed by atoms with Gasteiger partial charge in [0.15, 0.2) is 0 Å². The number of nitrogens with one attached hydrogen (secondary N) is 16. The lowest BCUT2D eigenvalue weighted by molar-refractivity contribution is -0.142. The molecule has 0 aromatic heterocycles. The fourth-order valence-corrected chi connectivity index (χ4v) is 13.7. The lowest BCUT2D eigenvalue weighted by atomic mass is 9.87. The van der Waals surface area contributed by atoms with E-state index in [4.69, 9.17) is 22.9 Å². The van der Waals surface area contributed by atoms with Gasteiger partial charge in [-0.25, -0.2) is 54.3 Å². The highest BCUT2D eigenvalue weighted by Gasteiger charge is 2.43. The number of thiol groups is 2. The average Bonchev–Trinajstić information content (AvgIpc) is 1.79. The van der Waals surface area contributed by atoms with Gasteiger partial charge >= 0.3 is 5.97 Å². The molecule has 1 fully saturated rings. The molecule has 1 heterocycles. The molecule has 16 atom stereocenters. The molecule has 0 bridgehead atoms. The molecule has 0 spiro atoms. The van der Waals surface area contributed by atoms with Gasteiger partial charge < -0.3 is 74.7 Å². The number of aliphatic carboxylic acids is 1. The summed E-state index contributed by atoms with van der Waals surface area (Å²) in [5.74, 6) is -17.2. The number of unbranched alkanes of at least 4 members (excludes halogenated alkanes) is 4. The fourth-order valence-electron chi connectivity index (χ4n) is 13.1. The maximum atomic E-state index is 15.0. The van der Waals surface area contributed by atoms with Crippen molar-refractivity contribution in [2.45, 2.75) is 289 Å². The van der Waals surface area contributed by atoms with Gasteiger partial charge in [-0.1, -0.05) is 108 Å². The number of carboxylic acids is 1. The zero-order valence-electron chi connectivity index (χ0n) is 73.6. The van der Waals surface area contributed by atoms with Crippen molar-refractivity contribution in [2.75, 3.05) is 77.5 Å². The van der Waals surface area contributed by atoms with Crippen LogP contribution < -0.4 is 109 Å². The minimum absolute atomic E-state index is 0.000712. The molecule has 26 N–H and O–H groups in total. The minimum Gasteiger partial charge on any atom is -0.481 e. The van der Waals surface area contributed by atoms with Gasteiger partial charge in [0, 0.05) is 24.5 Å². The van der Waals surface area contributed by atoms with Crippen LogP contribution in [-0.4, -0.2) is 283 Å². The number of carbonyl (C=O) groups excluding carboxylic acids is 17. The Balaban J connectivity index is 3.60. The zero-order valence-corrected chi connectivity index (χ0v) is 75.4. The van der Waals surface area contributed by atoms with Crippen molar-refractivity contribution < 1.29 is 96.5 Å². The summed E-state index contributed by atoms with van der Waals surface area (Å²) in [6, 6.07) is -17.4. The number of hydrogen-bond donors (Lipinski definition) is 24. The van der Waals surface area contributed by atoms with Crippen LogP contribution in [0.15, 0.2) is 0 Å². The second-order valence-corrected chi connectivity index (χ2v) is 33.1. The Hall–Kier alpha value is -7.28. The number of carbonyl (C=O) groups is 18.